The van der Waals surface area contributed by atoms with Gasteiger partial charge in [-0.3, -0.25) is 9.59 Å². The molecule has 1 aromatic carbocycles. The van der Waals surface area contributed by atoms with Gasteiger partial charge < -0.3 is 19.9 Å². The zero-order valence-electron chi connectivity index (χ0n) is 14.4. The molecule has 0 aliphatic rings. The lowest BCUT2D eigenvalue weighted by Crippen LogP contribution is -2.25. The predicted octanol–water partition coefficient (Wildman–Crippen LogP) is 3.08. The number of para-hydroxylation sites is 2. The normalized spacial score (nSPS) is 11.6. The molecule has 2 N–H and O–H groups in total. The molecule has 1 unspecified atom stereocenters. The number of thioether (sulfide) groups is 1. The Balaban J connectivity index is 1.82. The van der Waals surface area contributed by atoms with Crippen LogP contribution >= 0.6 is 11.8 Å². The van der Waals surface area contributed by atoms with Crippen molar-refractivity contribution in [3.63, 3.8) is 0 Å². The Bertz CT molecular complexity index is 732. The first-order valence-electron chi connectivity index (χ1n) is 7.87. The van der Waals surface area contributed by atoms with Crippen LogP contribution in [0.4, 0.5) is 11.5 Å². The van der Waals surface area contributed by atoms with E-state index in [1.165, 1.54) is 11.8 Å². The highest BCUT2D eigenvalue weighted by atomic mass is 32.2. The number of aromatic nitrogens is 1. The SMILES string of the molecule is CCOc1ccccc1NC(=O)CSC(C)C(=O)Nc1cc(C)on1. The van der Waals surface area contributed by atoms with Crippen LogP contribution in [0.3, 0.4) is 0 Å². The summed E-state index contributed by atoms with van der Waals surface area (Å²) in [5, 5.41) is 8.74. The first-order valence-corrected chi connectivity index (χ1v) is 8.92. The Morgan fingerprint density at radius 2 is 2.08 bits per heavy atom. The fourth-order valence-corrected chi connectivity index (χ4v) is 2.65. The highest BCUT2D eigenvalue weighted by Crippen LogP contribution is 2.24. The molecule has 134 valence electrons. The smallest absolute Gasteiger partial charge is 0.238 e. The summed E-state index contributed by atoms with van der Waals surface area (Å²) in [7, 11) is 0. The number of hydrogen-bond acceptors (Lipinski definition) is 6. The van der Waals surface area contributed by atoms with Crippen LogP contribution in [0.5, 0.6) is 5.75 Å². The number of aryl methyl sites for hydroxylation is 1. The van der Waals surface area contributed by atoms with Crippen molar-refractivity contribution in [2.75, 3.05) is 23.0 Å². The second-order valence-electron chi connectivity index (χ2n) is 5.24. The van der Waals surface area contributed by atoms with E-state index in [1.807, 2.05) is 19.1 Å². The van der Waals surface area contributed by atoms with E-state index in [4.69, 9.17) is 9.26 Å². The van der Waals surface area contributed by atoms with Crippen molar-refractivity contribution in [1.82, 2.24) is 5.16 Å². The Labute approximate surface area is 150 Å². The number of nitrogens with one attached hydrogen (secondary N) is 2. The van der Waals surface area contributed by atoms with E-state index in [1.54, 1.807) is 32.0 Å². The molecule has 0 fully saturated rings. The molecule has 1 atom stereocenters. The molecule has 2 rings (SSSR count). The summed E-state index contributed by atoms with van der Waals surface area (Å²) >= 11 is 1.23. The maximum atomic E-state index is 12.1. The quantitative estimate of drug-likeness (QED) is 0.749. The molecule has 2 amide bonds. The van der Waals surface area contributed by atoms with E-state index < -0.39 is 5.25 Å². The summed E-state index contributed by atoms with van der Waals surface area (Å²) in [6, 6.07) is 8.86. The summed E-state index contributed by atoms with van der Waals surface area (Å²) in [6.07, 6.45) is 0. The van der Waals surface area contributed by atoms with E-state index in [0.29, 0.717) is 29.6 Å². The van der Waals surface area contributed by atoms with Crippen LogP contribution in [0, 0.1) is 6.92 Å². The summed E-state index contributed by atoms with van der Waals surface area (Å²) in [5.41, 5.74) is 0.616. The van der Waals surface area contributed by atoms with Gasteiger partial charge in [-0.2, -0.15) is 0 Å². The number of nitrogens with zero attached hydrogens (tertiary/aromatic N) is 1. The number of amides is 2. The van der Waals surface area contributed by atoms with Gasteiger partial charge in [-0.15, -0.1) is 11.8 Å². The number of benzene rings is 1. The highest BCUT2D eigenvalue weighted by molar-refractivity contribution is 8.01. The van der Waals surface area contributed by atoms with Crippen LogP contribution in [-0.4, -0.2) is 34.6 Å². The van der Waals surface area contributed by atoms with Crippen molar-refractivity contribution in [1.29, 1.82) is 0 Å². The summed E-state index contributed by atoms with van der Waals surface area (Å²) in [5.74, 6) is 1.31. The van der Waals surface area contributed by atoms with Crippen molar-refractivity contribution in [2.45, 2.75) is 26.0 Å². The maximum absolute atomic E-state index is 12.1. The molecule has 0 radical (unpaired) electrons. The van der Waals surface area contributed by atoms with Crippen molar-refractivity contribution in [3.8, 4) is 5.75 Å². The van der Waals surface area contributed by atoms with Crippen LogP contribution in [0.25, 0.3) is 0 Å². The van der Waals surface area contributed by atoms with E-state index >= 15 is 0 Å². The molecule has 2 aromatic rings. The third-order valence-electron chi connectivity index (χ3n) is 3.17. The van der Waals surface area contributed by atoms with Gasteiger partial charge in [0.15, 0.2) is 5.82 Å². The summed E-state index contributed by atoms with van der Waals surface area (Å²) < 4.78 is 10.4. The molecule has 1 aromatic heterocycles. The molecular formula is C17H21N3O4S. The molecule has 8 heteroatoms. The van der Waals surface area contributed by atoms with Gasteiger partial charge in [0.25, 0.3) is 0 Å². The second-order valence-corrected chi connectivity index (χ2v) is 6.57. The van der Waals surface area contributed by atoms with Crippen LogP contribution in [0.15, 0.2) is 34.9 Å². The van der Waals surface area contributed by atoms with Gasteiger partial charge >= 0.3 is 0 Å². The highest BCUT2D eigenvalue weighted by Gasteiger charge is 2.17. The lowest BCUT2D eigenvalue weighted by atomic mass is 10.3. The zero-order chi connectivity index (χ0) is 18.2. The molecular weight excluding hydrogens is 342 g/mol. The van der Waals surface area contributed by atoms with Crippen LogP contribution in [0.1, 0.15) is 19.6 Å². The Hall–Kier alpha value is -2.48. The van der Waals surface area contributed by atoms with Gasteiger partial charge in [0.1, 0.15) is 11.5 Å². The van der Waals surface area contributed by atoms with Crippen LogP contribution in [-0.2, 0) is 9.59 Å². The first kappa shape index (κ1) is 18.9. The predicted molar refractivity (Wildman–Crippen MR) is 98.0 cm³/mol. The minimum absolute atomic E-state index is 0.146. The fourth-order valence-electron chi connectivity index (χ4n) is 1.97. The van der Waals surface area contributed by atoms with Crippen molar-refractivity contribution < 1.29 is 18.8 Å². The van der Waals surface area contributed by atoms with Gasteiger partial charge in [0, 0.05) is 6.07 Å². The monoisotopic (exact) mass is 363 g/mol. The average molecular weight is 363 g/mol. The number of anilines is 2. The van der Waals surface area contributed by atoms with Crippen molar-refractivity contribution in [2.24, 2.45) is 0 Å². The van der Waals surface area contributed by atoms with Gasteiger partial charge in [0.05, 0.1) is 23.3 Å². The standard InChI is InChI=1S/C17H21N3O4S/c1-4-23-14-8-6-5-7-13(14)18-16(21)10-25-12(3)17(22)19-15-9-11(2)24-20-15/h5-9,12H,4,10H2,1-3H3,(H,18,21)(H,19,20,22). The summed E-state index contributed by atoms with van der Waals surface area (Å²) in [6.45, 7) is 5.87. The summed E-state index contributed by atoms with van der Waals surface area (Å²) in [4.78, 5) is 24.2. The third kappa shape index (κ3) is 5.82. The lowest BCUT2D eigenvalue weighted by molar-refractivity contribution is -0.115. The van der Waals surface area contributed by atoms with Crippen molar-refractivity contribution in [3.05, 3.63) is 36.1 Å². The number of ether oxygens (including phenoxy) is 1. The molecule has 0 saturated heterocycles. The molecule has 0 aliphatic carbocycles. The maximum Gasteiger partial charge on any atom is 0.238 e. The number of rotatable bonds is 8. The lowest BCUT2D eigenvalue weighted by Gasteiger charge is -2.13. The molecule has 0 aliphatic heterocycles. The zero-order valence-corrected chi connectivity index (χ0v) is 15.2. The third-order valence-corrected chi connectivity index (χ3v) is 4.32. The average Bonchev–Trinajstić information content (AvgIpc) is 2.99. The molecule has 7 nitrogen and oxygen atoms in total. The fraction of sp³-hybridized carbons (Fsp3) is 0.353. The minimum atomic E-state index is -0.412. The van der Waals surface area contributed by atoms with Gasteiger partial charge in [-0.1, -0.05) is 17.3 Å². The second kappa shape index (κ2) is 9.12. The topological polar surface area (TPSA) is 93.5 Å². The minimum Gasteiger partial charge on any atom is -0.492 e. The Morgan fingerprint density at radius 3 is 2.76 bits per heavy atom. The molecule has 25 heavy (non-hydrogen) atoms. The van der Waals surface area contributed by atoms with E-state index in [9.17, 15) is 9.59 Å². The number of carbonyl (C=O) groups is 2. The van der Waals surface area contributed by atoms with Crippen LogP contribution in [0.2, 0.25) is 0 Å². The van der Waals surface area contributed by atoms with Gasteiger partial charge in [-0.25, -0.2) is 0 Å². The molecule has 0 spiro atoms. The van der Waals surface area contributed by atoms with Gasteiger partial charge in [0.2, 0.25) is 11.8 Å². The largest absolute Gasteiger partial charge is 0.492 e. The Kier molecular flexibility index (Phi) is 6.88. The molecule has 1 heterocycles. The van der Waals surface area contributed by atoms with E-state index in [-0.39, 0.29) is 17.6 Å². The Morgan fingerprint density at radius 1 is 1.32 bits per heavy atom. The molecule has 0 saturated carbocycles. The van der Waals surface area contributed by atoms with Gasteiger partial charge in [-0.05, 0) is 32.9 Å². The number of hydrogen-bond donors (Lipinski definition) is 2. The van der Waals surface area contributed by atoms with Crippen molar-refractivity contribution >= 4 is 35.1 Å². The molecule has 0 bridgehead atoms. The van der Waals surface area contributed by atoms with Crippen LogP contribution < -0.4 is 15.4 Å². The first-order chi connectivity index (χ1) is 12.0. The number of carbonyl (C=O) groups excluding carboxylic acids is 2. The van der Waals surface area contributed by atoms with E-state index in [2.05, 4.69) is 15.8 Å². The van der Waals surface area contributed by atoms with E-state index in [0.717, 1.165) is 0 Å².